The quantitative estimate of drug-likeness (QED) is 0.250. The number of aliphatic hydroxyl groups is 1. The molecule has 0 spiro atoms. The summed E-state index contributed by atoms with van der Waals surface area (Å²) in [5.74, 6) is -5.25. The normalized spacial score (nSPS) is 37.7. The van der Waals surface area contributed by atoms with E-state index in [4.69, 9.17) is 23.7 Å². The van der Waals surface area contributed by atoms with E-state index in [2.05, 4.69) is 6.58 Å². The Labute approximate surface area is 280 Å². The fourth-order valence-electron chi connectivity index (χ4n) is 9.13. The van der Waals surface area contributed by atoms with Crippen LogP contribution >= 0.6 is 0 Å². The van der Waals surface area contributed by atoms with E-state index in [0.717, 1.165) is 5.57 Å². The van der Waals surface area contributed by atoms with Gasteiger partial charge in [-0.3, -0.25) is 9.59 Å². The topological polar surface area (TPSA) is 135 Å². The molecule has 10 nitrogen and oxygen atoms in total. The SMILES string of the molecule is C=C(C)[C@H]1C=C[C@@H](OC(C)=O)[C@@]23CO[C@@](C)([C@H](OC(=O)c4ccccc4)[C@@]4(O)C[C@H](C)[C@H](OC(C)=O)[C@@H]4[C@H]2OC(=O)c2ccccc2)[C@H]13. The molecule has 10 heteroatoms. The molecule has 0 unspecified atom stereocenters. The second kappa shape index (κ2) is 12.3. The molecule has 4 aliphatic rings. The van der Waals surface area contributed by atoms with Gasteiger partial charge in [-0.25, -0.2) is 9.59 Å². The van der Waals surface area contributed by atoms with Crippen LogP contribution in [0.3, 0.4) is 0 Å². The summed E-state index contributed by atoms with van der Waals surface area (Å²) in [6.45, 7) is 12.2. The lowest BCUT2D eigenvalue weighted by Crippen LogP contribution is -2.63. The maximum absolute atomic E-state index is 14.1. The second-order valence-corrected chi connectivity index (χ2v) is 14.0. The molecule has 0 aromatic heterocycles. The van der Waals surface area contributed by atoms with Crippen LogP contribution < -0.4 is 0 Å². The molecule has 11 atom stereocenters. The molecule has 254 valence electrons. The molecule has 48 heavy (non-hydrogen) atoms. The first-order chi connectivity index (χ1) is 22.7. The molecule has 3 aliphatic carbocycles. The van der Waals surface area contributed by atoms with Crippen molar-refractivity contribution in [3.05, 3.63) is 96.1 Å². The lowest BCUT2D eigenvalue weighted by atomic mass is 9.55. The molecular formula is C38H42O10. The monoisotopic (exact) mass is 658 g/mol. The smallest absolute Gasteiger partial charge is 0.338 e. The van der Waals surface area contributed by atoms with Gasteiger partial charge in [-0.1, -0.05) is 61.5 Å². The number of hydrogen-bond donors (Lipinski definition) is 1. The standard InChI is InChI=1S/C38H42O10/c1-21(2)27-17-18-28(45-23(4)39)37-20-44-36(6,31(27)37)35(48-34(42)26-15-11-8-12-16-26)38(43)19-22(3)30(46-24(5)40)29(38)32(37)47-33(41)25-13-9-7-10-14-25/h7-18,22,27-32,35,43H,1,19-20H2,2-6H3/t22-,27+,28+,29+,30-,31-,32+,35-,36+,37+,38+/m0/s1. The molecule has 2 bridgehead atoms. The maximum atomic E-state index is 14.1. The van der Waals surface area contributed by atoms with Gasteiger partial charge in [-0.2, -0.15) is 0 Å². The van der Waals surface area contributed by atoms with E-state index in [9.17, 15) is 24.3 Å². The van der Waals surface area contributed by atoms with Crippen LogP contribution in [0.5, 0.6) is 0 Å². The molecule has 1 N–H and O–H groups in total. The van der Waals surface area contributed by atoms with Crippen LogP contribution in [0.1, 0.15) is 61.8 Å². The molecule has 1 saturated heterocycles. The van der Waals surface area contributed by atoms with Crippen LogP contribution in [0.4, 0.5) is 0 Å². The van der Waals surface area contributed by atoms with Gasteiger partial charge < -0.3 is 28.8 Å². The Morgan fingerprint density at radius 1 is 0.833 bits per heavy atom. The van der Waals surface area contributed by atoms with Crippen molar-refractivity contribution in [3.63, 3.8) is 0 Å². The van der Waals surface area contributed by atoms with Crippen LogP contribution in [0.2, 0.25) is 0 Å². The van der Waals surface area contributed by atoms with Crippen molar-refractivity contribution in [1.82, 2.24) is 0 Å². The lowest BCUT2D eigenvalue weighted by molar-refractivity contribution is -0.222. The van der Waals surface area contributed by atoms with Crippen molar-refractivity contribution in [2.75, 3.05) is 6.61 Å². The van der Waals surface area contributed by atoms with Crippen LogP contribution in [0, 0.1) is 29.1 Å². The number of allylic oxidation sites excluding steroid dienone is 2. The Kier molecular flexibility index (Phi) is 8.62. The number of esters is 4. The van der Waals surface area contributed by atoms with E-state index in [1.54, 1.807) is 73.7 Å². The number of benzene rings is 2. The molecule has 0 radical (unpaired) electrons. The minimum absolute atomic E-state index is 0.0207. The summed E-state index contributed by atoms with van der Waals surface area (Å²) in [4.78, 5) is 53.3. The van der Waals surface area contributed by atoms with E-state index in [0.29, 0.717) is 0 Å². The molecule has 0 amide bonds. The van der Waals surface area contributed by atoms with Gasteiger partial charge >= 0.3 is 23.9 Å². The van der Waals surface area contributed by atoms with E-state index in [1.165, 1.54) is 13.8 Å². The van der Waals surface area contributed by atoms with Gasteiger partial charge in [0.25, 0.3) is 0 Å². The summed E-state index contributed by atoms with van der Waals surface area (Å²) in [5, 5.41) is 13.2. The number of ether oxygens (including phenoxy) is 5. The Morgan fingerprint density at radius 3 is 1.94 bits per heavy atom. The first-order valence-electron chi connectivity index (χ1n) is 16.3. The van der Waals surface area contributed by atoms with Gasteiger partial charge in [0.15, 0.2) is 6.10 Å². The summed E-state index contributed by atoms with van der Waals surface area (Å²) in [5.41, 5.74) is -3.44. The Bertz CT molecular complexity index is 1640. The zero-order valence-corrected chi connectivity index (χ0v) is 27.8. The summed E-state index contributed by atoms with van der Waals surface area (Å²) < 4.78 is 31.7. The largest absolute Gasteiger partial charge is 0.462 e. The van der Waals surface area contributed by atoms with Crippen molar-refractivity contribution in [1.29, 1.82) is 0 Å². The Hall–Kier alpha value is -4.28. The van der Waals surface area contributed by atoms with Crippen LogP contribution in [0.25, 0.3) is 0 Å². The minimum atomic E-state index is -1.94. The summed E-state index contributed by atoms with van der Waals surface area (Å²) in [7, 11) is 0. The third-order valence-corrected chi connectivity index (χ3v) is 10.8. The van der Waals surface area contributed by atoms with Crippen molar-refractivity contribution in [2.24, 2.45) is 29.1 Å². The van der Waals surface area contributed by atoms with Gasteiger partial charge in [-0.15, -0.1) is 0 Å². The summed E-state index contributed by atoms with van der Waals surface area (Å²) in [6.07, 6.45) is -0.902. The predicted octanol–water partition coefficient (Wildman–Crippen LogP) is 4.86. The van der Waals surface area contributed by atoms with Gasteiger partial charge in [0.2, 0.25) is 0 Å². The average molecular weight is 659 g/mol. The molecule has 6 rings (SSSR count). The number of hydrogen-bond acceptors (Lipinski definition) is 10. The number of carbonyl (C=O) groups is 4. The highest BCUT2D eigenvalue weighted by atomic mass is 16.6. The van der Waals surface area contributed by atoms with Gasteiger partial charge in [0.05, 0.1) is 29.1 Å². The first-order valence-corrected chi connectivity index (χ1v) is 16.3. The van der Waals surface area contributed by atoms with E-state index >= 15 is 0 Å². The van der Waals surface area contributed by atoms with E-state index in [1.807, 2.05) is 19.9 Å². The third kappa shape index (κ3) is 5.26. The number of fused-ring (bicyclic) bond motifs is 1. The fourth-order valence-corrected chi connectivity index (χ4v) is 9.13. The summed E-state index contributed by atoms with van der Waals surface area (Å²) in [6, 6.07) is 16.8. The van der Waals surface area contributed by atoms with Crippen molar-refractivity contribution >= 4 is 23.9 Å². The van der Waals surface area contributed by atoms with Gasteiger partial charge in [-0.05, 0) is 56.5 Å². The van der Waals surface area contributed by atoms with Crippen LogP contribution in [0.15, 0.2) is 85.0 Å². The van der Waals surface area contributed by atoms with E-state index < -0.39 is 88.6 Å². The van der Waals surface area contributed by atoms with Crippen LogP contribution in [-0.2, 0) is 33.3 Å². The molecular weight excluding hydrogens is 616 g/mol. The fraction of sp³-hybridized carbons (Fsp3) is 0.474. The highest BCUT2D eigenvalue weighted by molar-refractivity contribution is 5.90. The zero-order valence-electron chi connectivity index (χ0n) is 27.8. The van der Waals surface area contributed by atoms with Gasteiger partial charge in [0, 0.05) is 25.7 Å². The maximum Gasteiger partial charge on any atom is 0.338 e. The van der Waals surface area contributed by atoms with Crippen molar-refractivity contribution in [3.8, 4) is 0 Å². The first kappa shape index (κ1) is 33.6. The molecule has 3 fully saturated rings. The summed E-state index contributed by atoms with van der Waals surface area (Å²) >= 11 is 0. The van der Waals surface area contributed by atoms with Crippen molar-refractivity contribution < 1.29 is 48.0 Å². The number of carbonyl (C=O) groups excluding carboxylic acids is 4. The third-order valence-electron chi connectivity index (χ3n) is 10.8. The minimum Gasteiger partial charge on any atom is -0.462 e. The molecule has 1 aliphatic heterocycles. The zero-order chi connectivity index (χ0) is 34.6. The second-order valence-electron chi connectivity index (χ2n) is 14.0. The Balaban J connectivity index is 1.63. The molecule has 2 aromatic carbocycles. The highest BCUT2D eigenvalue weighted by Crippen LogP contribution is 2.68. The molecule has 2 aromatic rings. The average Bonchev–Trinajstić information content (AvgIpc) is 3.48. The lowest BCUT2D eigenvalue weighted by Gasteiger charge is -2.51. The van der Waals surface area contributed by atoms with Crippen LogP contribution in [-0.4, -0.2) is 71.2 Å². The predicted molar refractivity (Wildman–Crippen MR) is 172 cm³/mol. The molecule has 1 heterocycles. The highest BCUT2D eigenvalue weighted by Gasteiger charge is 2.80. The van der Waals surface area contributed by atoms with E-state index in [-0.39, 0.29) is 24.2 Å². The van der Waals surface area contributed by atoms with Crippen molar-refractivity contribution in [2.45, 2.75) is 76.7 Å². The Morgan fingerprint density at radius 2 is 1.40 bits per heavy atom. The molecule has 2 saturated carbocycles. The number of rotatable bonds is 7. The van der Waals surface area contributed by atoms with Gasteiger partial charge in [0.1, 0.15) is 29.5 Å².